The van der Waals surface area contributed by atoms with Gasteiger partial charge in [-0.05, 0) is 81.2 Å². The summed E-state index contributed by atoms with van der Waals surface area (Å²) in [6, 6.07) is 0.204. The number of aromatic nitrogens is 2. The Kier molecular flexibility index (Phi) is 12.1. The van der Waals surface area contributed by atoms with Crippen molar-refractivity contribution in [1.29, 1.82) is 0 Å². The lowest BCUT2D eigenvalue weighted by Crippen LogP contribution is -2.46. The van der Waals surface area contributed by atoms with Gasteiger partial charge in [-0.15, -0.1) is 4.98 Å². The lowest BCUT2D eigenvalue weighted by Gasteiger charge is -2.25. The number of allylic oxidation sites excluding steroid dienone is 6. The summed E-state index contributed by atoms with van der Waals surface area (Å²) in [5.41, 5.74) is 5.39. The first-order valence-electron chi connectivity index (χ1n) is 14.2. The minimum Gasteiger partial charge on any atom is -0.388 e. The summed E-state index contributed by atoms with van der Waals surface area (Å²) in [4.78, 5) is 17.3. The van der Waals surface area contributed by atoms with Crippen LogP contribution in [0.25, 0.3) is 0 Å². The number of alkyl halides is 5. The molecule has 3 rings (SSSR count). The monoisotopic (exact) mass is 586 g/mol. The van der Waals surface area contributed by atoms with Gasteiger partial charge in [0.1, 0.15) is 12.2 Å². The molecule has 0 fully saturated rings. The van der Waals surface area contributed by atoms with Crippen LogP contribution < -0.4 is 15.4 Å². The van der Waals surface area contributed by atoms with Gasteiger partial charge in [-0.1, -0.05) is 17.7 Å². The number of halogens is 5. The molecule has 228 valence electrons. The molecule has 0 spiro atoms. The summed E-state index contributed by atoms with van der Waals surface area (Å²) in [5, 5.41) is 16.2. The highest BCUT2D eigenvalue weighted by atomic mass is 19.4. The van der Waals surface area contributed by atoms with Crippen LogP contribution >= 0.6 is 0 Å². The zero-order valence-corrected chi connectivity index (χ0v) is 23.7. The fourth-order valence-corrected chi connectivity index (χ4v) is 5.18. The maximum Gasteiger partial charge on any atom is 0.485 e. The van der Waals surface area contributed by atoms with E-state index in [1.807, 2.05) is 4.90 Å². The Morgan fingerprint density at radius 2 is 1.90 bits per heavy atom. The lowest BCUT2D eigenvalue weighted by atomic mass is 9.91. The Balaban J connectivity index is 1.57. The van der Waals surface area contributed by atoms with Gasteiger partial charge < -0.3 is 15.4 Å². The largest absolute Gasteiger partial charge is 0.485 e. The van der Waals surface area contributed by atoms with Crippen molar-refractivity contribution in [2.24, 2.45) is 0 Å². The number of nitrogens with one attached hydrogen (secondary N) is 2. The van der Waals surface area contributed by atoms with Gasteiger partial charge in [-0.25, -0.2) is 8.78 Å². The van der Waals surface area contributed by atoms with E-state index in [1.165, 1.54) is 29.3 Å². The highest BCUT2D eigenvalue weighted by molar-refractivity contribution is 5.83. The third-order valence-electron chi connectivity index (χ3n) is 7.63. The molecule has 1 atom stereocenters. The second-order valence-electron chi connectivity index (χ2n) is 10.7. The van der Waals surface area contributed by atoms with Gasteiger partial charge in [-0.2, -0.15) is 13.2 Å². The maximum atomic E-state index is 13.1. The molecule has 1 aromatic heterocycles. The number of rotatable bonds is 14. The smallest absolute Gasteiger partial charge is 0.388 e. The second-order valence-corrected chi connectivity index (χ2v) is 10.7. The topological polar surface area (TPSA) is 81.4 Å². The van der Waals surface area contributed by atoms with Crippen molar-refractivity contribution in [3.05, 3.63) is 52.7 Å². The minimum absolute atomic E-state index is 0.132. The van der Waals surface area contributed by atoms with Crippen molar-refractivity contribution in [2.75, 3.05) is 31.5 Å². The van der Waals surface area contributed by atoms with Crippen LogP contribution in [-0.4, -0.2) is 59.5 Å². The molecular weight excluding hydrogens is 545 g/mol. The van der Waals surface area contributed by atoms with Crippen LogP contribution in [0.1, 0.15) is 77.5 Å². The van der Waals surface area contributed by atoms with Gasteiger partial charge in [0.25, 0.3) is 5.82 Å². The number of hydrogen-bond acceptors (Lipinski definition) is 6. The molecule has 0 saturated heterocycles. The Hall–Kier alpha value is -3.02. The van der Waals surface area contributed by atoms with Crippen molar-refractivity contribution in [1.82, 2.24) is 15.2 Å². The van der Waals surface area contributed by atoms with E-state index in [0.717, 1.165) is 63.8 Å². The fourth-order valence-electron chi connectivity index (χ4n) is 5.18. The third-order valence-corrected chi connectivity index (χ3v) is 7.63. The predicted octanol–water partition coefficient (Wildman–Crippen LogP) is 5.82. The van der Waals surface area contributed by atoms with Gasteiger partial charge in [-0.3, -0.25) is 10.1 Å². The van der Waals surface area contributed by atoms with Crippen LogP contribution in [0.5, 0.6) is 0 Å². The Bertz CT molecular complexity index is 1130. The summed E-state index contributed by atoms with van der Waals surface area (Å²) >= 11 is 0. The first-order valence-corrected chi connectivity index (χ1v) is 14.2. The fraction of sp³-hybridized carbons (Fsp3) is 0.621. The molecule has 1 unspecified atom stereocenters. The number of carbonyl (C=O) groups excluding carboxylic acids is 1. The summed E-state index contributed by atoms with van der Waals surface area (Å²) in [7, 11) is 0. The molecule has 1 aromatic rings. The Morgan fingerprint density at radius 1 is 1.15 bits per heavy atom. The second kappa shape index (κ2) is 15.3. The number of carbonyl (C=O) groups is 1. The first kappa shape index (κ1) is 32.5. The molecule has 0 amide bonds. The number of nitrogens with zero attached hydrogens (tertiary/aromatic N) is 3. The van der Waals surface area contributed by atoms with Gasteiger partial charge in [0, 0.05) is 44.2 Å². The Morgan fingerprint density at radius 3 is 2.61 bits per heavy atom. The molecule has 2 heterocycles. The molecule has 12 heteroatoms. The molecule has 1 aliphatic carbocycles. The van der Waals surface area contributed by atoms with Gasteiger partial charge >= 0.3 is 12.0 Å². The summed E-state index contributed by atoms with van der Waals surface area (Å²) in [6.45, 7) is 5.46. The number of anilines is 1. The Labute approximate surface area is 238 Å². The lowest BCUT2D eigenvalue weighted by molar-refractivity contribution is -0.906. The van der Waals surface area contributed by atoms with E-state index in [1.54, 1.807) is 0 Å². The normalized spacial score (nSPS) is 19.4. The van der Waals surface area contributed by atoms with Crippen molar-refractivity contribution in [3.8, 4) is 0 Å². The highest BCUT2D eigenvalue weighted by Gasteiger charge is 2.43. The van der Waals surface area contributed by atoms with E-state index in [2.05, 4.69) is 34.7 Å². The van der Waals surface area contributed by atoms with Crippen LogP contribution in [-0.2, 0) is 11.0 Å². The molecule has 0 aromatic carbocycles. The summed E-state index contributed by atoms with van der Waals surface area (Å²) in [5.74, 6) is -2.22. The highest BCUT2D eigenvalue weighted by Crippen LogP contribution is 2.28. The molecule has 0 radical (unpaired) electrons. The van der Waals surface area contributed by atoms with Crippen molar-refractivity contribution in [3.63, 3.8) is 0 Å². The zero-order chi connectivity index (χ0) is 30.0. The number of unbranched alkanes of at least 4 members (excludes halogenated alkanes) is 1. The first-order chi connectivity index (χ1) is 19.5. The van der Waals surface area contributed by atoms with Crippen molar-refractivity contribution in [2.45, 2.75) is 90.3 Å². The van der Waals surface area contributed by atoms with Gasteiger partial charge in [0.2, 0.25) is 6.43 Å². The molecule has 3 N–H and O–H groups in total. The van der Waals surface area contributed by atoms with Crippen LogP contribution in [0.3, 0.4) is 0 Å². The van der Waals surface area contributed by atoms with Crippen LogP contribution in [0, 0.1) is 0 Å². The molecule has 1 aliphatic heterocycles. The van der Waals surface area contributed by atoms with Crippen LogP contribution in [0.2, 0.25) is 0 Å². The van der Waals surface area contributed by atoms with E-state index in [-0.39, 0.29) is 42.3 Å². The van der Waals surface area contributed by atoms with E-state index < -0.39 is 24.5 Å². The molecule has 2 aliphatic rings. The molecule has 0 bridgehead atoms. The molecule has 0 saturated carbocycles. The molecular formula is C29H41F5N5O2+. The quantitative estimate of drug-likeness (QED) is 0.110. The summed E-state index contributed by atoms with van der Waals surface area (Å²) < 4.78 is 65.2. The number of Topliss-reactive ketones (excluding diaryl/α,β-unsaturated/α-hetero) is 1. The van der Waals surface area contributed by atoms with E-state index >= 15 is 0 Å². The number of ketones is 1. The predicted molar refractivity (Wildman–Crippen MR) is 146 cm³/mol. The maximum absolute atomic E-state index is 13.1. The minimum atomic E-state index is -4.89. The van der Waals surface area contributed by atoms with E-state index in [9.17, 15) is 32.0 Å². The molecule has 7 nitrogen and oxygen atoms in total. The van der Waals surface area contributed by atoms with Crippen molar-refractivity contribution < 1.29 is 36.7 Å². The average molecular weight is 587 g/mol. The van der Waals surface area contributed by atoms with Crippen molar-refractivity contribution >= 4 is 11.6 Å². The average Bonchev–Trinajstić information content (AvgIpc) is 2.90. The summed E-state index contributed by atoms with van der Waals surface area (Å²) in [6.07, 6.45) is 4.59. The zero-order valence-electron chi connectivity index (χ0n) is 23.7. The van der Waals surface area contributed by atoms with E-state index in [4.69, 9.17) is 0 Å². The van der Waals surface area contributed by atoms with Crippen LogP contribution in [0.4, 0.5) is 27.8 Å². The number of hydrogen-bond donors (Lipinski definition) is 3. The van der Waals surface area contributed by atoms with Gasteiger partial charge in [0.05, 0.1) is 0 Å². The third kappa shape index (κ3) is 10.1. The van der Waals surface area contributed by atoms with Gasteiger partial charge in [0.15, 0.2) is 5.78 Å². The van der Waals surface area contributed by atoms with Crippen LogP contribution in [0.15, 0.2) is 46.8 Å². The van der Waals surface area contributed by atoms with E-state index in [0.29, 0.717) is 6.54 Å². The SMILES string of the molecule is CC(=O)C(CCN(CCCCC1=C(\C)CCC2=C(/C=C\1)CCCN2)CCC(F)F)Nc1ccnc(C(F)(F)F)[n+]1O. The molecule has 41 heavy (non-hydrogen) atoms. The standard InChI is InChI=1S/C29H40F5N5O2/c1-20-8-11-25-23(7-5-15-35-25)10-9-22(20)6-3-4-17-38(19-14-26(30)31)18-13-24(21(2)40)37-27-12-16-36-28(39(27)41)29(32,33)34/h9-10,12,16,24,26,35,41H,3-8,11,13-15,17-19H2,1-2H3/p+1/b10-9-,22-20-.